The van der Waals surface area contributed by atoms with Crippen molar-refractivity contribution in [2.45, 2.75) is 0 Å². The highest BCUT2D eigenvalue weighted by Crippen LogP contribution is 2.32. The quantitative estimate of drug-likeness (QED) is 0.659. The summed E-state index contributed by atoms with van der Waals surface area (Å²) in [6.07, 6.45) is 4.49. The van der Waals surface area contributed by atoms with Gasteiger partial charge in [0.15, 0.2) is 6.29 Å². The number of aldehydes is 1. The number of pyridine rings is 1. The minimum absolute atomic E-state index is 0.698. The van der Waals surface area contributed by atoms with Crippen LogP contribution in [0.1, 0.15) is 10.4 Å². The lowest BCUT2D eigenvalue weighted by molar-refractivity contribution is 0.112. The van der Waals surface area contributed by atoms with Crippen LogP contribution in [0.25, 0.3) is 22.3 Å². The molecule has 0 saturated carbocycles. The molecule has 2 nitrogen and oxygen atoms in total. The highest BCUT2D eigenvalue weighted by Gasteiger charge is 2.09. The standard InChI is InChI=1S/C18H13NO/c20-13-15-6-1-2-9-17(15)18-10-4-3-8-16(18)14-7-5-11-19-12-14/h1-13H. The van der Waals surface area contributed by atoms with Gasteiger partial charge in [-0.2, -0.15) is 0 Å². The Balaban J connectivity index is 2.23. The second-order valence-electron chi connectivity index (χ2n) is 4.49. The predicted molar refractivity (Wildman–Crippen MR) is 80.5 cm³/mol. The third-order valence-electron chi connectivity index (χ3n) is 3.28. The van der Waals surface area contributed by atoms with Gasteiger partial charge in [-0.3, -0.25) is 9.78 Å². The molecular weight excluding hydrogens is 246 g/mol. The number of benzene rings is 2. The molecule has 0 aliphatic heterocycles. The van der Waals surface area contributed by atoms with Gasteiger partial charge < -0.3 is 0 Å². The lowest BCUT2D eigenvalue weighted by Gasteiger charge is -2.11. The van der Waals surface area contributed by atoms with Crippen LogP contribution >= 0.6 is 0 Å². The summed E-state index contributed by atoms with van der Waals surface area (Å²) in [4.78, 5) is 15.4. The summed E-state index contributed by atoms with van der Waals surface area (Å²) >= 11 is 0. The van der Waals surface area contributed by atoms with Crippen LogP contribution in [0.2, 0.25) is 0 Å². The second-order valence-corrected chi connectivity index (χ2v) is 4.49. The van der Waals surface area contributed by atoms with Crippen LogP contribution < -0.4 is 0 Å². The van der Waals surface area contributed by atoms with Crippen molar-refractivity contribution in [1.29, 1.82) is 0 Å². The van der Waals surface area contributed by atoms with E-state index in [0.717, 1.165) is 28.5 Å². The fraction of sp³-hybridized carbons (Fsp3) is 0. The van der Waals surface area contributed by atoms with Crippen molar-refractivity contribution in [3.05, 3.63) is 78.6 Å². The number of rotatable bonds is 3. The topological polar surface area (TPSA) is 30.0 Å². The highest BCUT2D eigenvalue weighted by atomic mass is 16.1. The number of aromatic nitrogens is 1. The summed E-state index contributed by atoms with van der Waals surface area (Å²) in [6, 6.07) is 19.6. The second kappa shape index (κ2) is 5.49. The fourth-order valence-corrected chi connectivity index (χ4v) is 2.34. The zero-order chi connectivity index (χ0) is 13.8. The fourth-order valence-electron chi connectivity index (χ4n) is 2.34. The molecule has 1 heterocycles. The molecule has 0 unspecified atom stereocenters. The Bertz CT molecular complexity index is 735. The normalized spacial score (nSPS) is 10.2. The van der Waals surface area contributed by atoms with Crippen molar-refractivity contribution in [2.75, 3.05) is 0 Å². The summed E-state index contributed by atoms with van der Waals surface area (Å²) in [5.74, 6) is 0. The zero-order valence-electron chi connectivity index (χ0n) is 10.9. The number of carbonyl (C=O) groups is 1. The van der Waals surface area contributed by atoms with Gasteiger partial charge in [0.1, 0.15) is 0 Å². The molecule has 0 N–H and O–H groups in total. The molecule has 3 rings (SSSR count). The lowest BCUT2D eigenvalue weighted by atomic mass is 9.93. The van der Waals surface area contributed by atoms with Crippen molar-refractivity contribution >= 4 is 6.29 Å². The van der Waals surface area contributed by atoms with E-state index in [0.29, 0.717) is 5.56 Å². The molecule has 0 saturated heterocycles. The number of carbonyl (C=O) groups excluding carboxylic acids is 1. The van der Waals surface area contributed by atoms with Crippen molar-refractivity contribution in [3.63, 3.8) is 0 Å². The van der Waals surface area contributed by atoms with E-state index in [1.165, 1.54) is 0 Å². The Hall–Kier alpha value is -2.74. The van der Waals surface area contributed by atoms with Gasteiger partial charge >= 0.3 is 0 Å². The highest BCUT2D eigenvalue weighted by molar-refractivity contribution is 5.92. The van der Waals surface area contributed by atoms with Gasteiger partial charge in [-0.05, 0) is 22.8 Å². The predicted octanol–water partition coefficient (Wildman–Crippen LogP) is 4.23. The Kier molecular flexibility index (Phi) is 3.38. The maximum atomic E-state index is 11.2. The maximum absolute atomic E-state index is 11.2. The van der Waals surface area contributed by atoms with Crippen LogP contribution in [0.15, 0.2) is 73.1 Å². The average Bonchev–Trinajstić information content (AvgIpc) is 2.55. The number of nitrogens with zero attached hydrogens (tertiary/aromatic N) is 1. The minimum atomic E-state index is 0.698. The number of hydrogen-bond acceptors (Lipinski definition) is 2. The first-order valence-electron chi connectivity index (χ1n) is 6.44. The van der Waals surface area contributed by atoms with Crippen LogP contribution in [0, 0.1) is 0 Å². The third kappa shape index (κ3) is 2.24. The average molecular weight is 259 g/mol. The van der Waals surface area contributed by atoms with E-state index in [4.69, 9.17) is 0 Å². The molecule has 2 aromatic carbocycles. The summed E-state index contributed by atoms with van der Waals surface area (Å²) in [5, 5.41) is 0. The Labute approximate surface area is 117 Å². The van der Waals surface area contributed by atoms with Gasteiger partial charge in [-0.15, -0.1) is 0 Å². The van der Waals surface area contributed by atoms with E-state index in [-0.39, 0.29) is 0 Å². The summed E-state index contributed by atoms with van der Waals surface area (Å²) in [6.45, 7) is 0. The van der Waals surface area contributed by atoms with Gasteiger partial charge in [-0.25, -0.2) is 0 Å². The van der Waals surface area contributed by atoms with Crippen LogP contribution in [0.5, 0.6) is 0 Å². The Morgan fingerprint density at radius 2 is 1.45 bits per heavy atom. The molecule has 0 spiro atoms. The van der Waals surface area contributed by atoms with Crippen LogP contribution in [-0.4, -0.2) is 11.3 Å². The zero-order valence-corrected chi connectivity index (χ0v) is 10.9. The molecule has 0 amide bonds. The van der Waals surface area contributed by atoms with Crippen molar-refractivity contribution in [3.8, 4) is 22.3 Å². The molecule has 1 aromatic heterocycles. The SMILES string of the molecule is O=Cc1ccccc1-c1ccccc1-c1cccnc1. The van der Waals surface area contributed by atoms with E-state index in [1.54, 1.807) is 6.20 Å². The van der Waals surface area contributed by atoms with E-state index in [9.17, 15) is 4.79 Å². The van der Waals surface area contributed by atoms with Crippen LogP contribution in [-0.2, 0) is 0 Å². The largest absolute Gasteiger partial charge is 0.298 e. The van der Waals surface area contributed by atoms with Gasteiger partial charge in [0.25, 0.3) is 0 Å². The molecule has 2 heteroatoms. The molecule has 0 aliphatic carbocycles. The first-order chi connectivity index (χ1) is 9.90. The van der Waals surface area contributed by atoms with Crippen molar-refractivity contribution in [2.24, 2.45) is 0 Å². The monoisotopic (exact) mass is 259 g/mol. The molecule has 0 aliphatic rings. The summed E-state index contributed by atoms with van der Waals surface area (Å²) in [7, 11) is 0. The van der Waals surface area contributed by atoms with Gasteiger partial charge in [0.2, 0.25) is 0 Å². The maximum Gasteiger partial charge on any atom is 0.150 e. The molecular formula is C18H13NO. The van der Waals surface area contributed by atoms with E-state index >= 15 is 0 Å². The van der Waals surface area contributed by atoms with E-state index in [1.807, 2.05) is 66.9 Å². The van der Waals surface area contributed by atoms with Gasteiger partial charge in [0, 0.05) is 23.5 Å². The van der Waals surface area contributed by atoms with E-state index in [2.05, 4.69) is 4.98 Å². The Morgan fingerprint density at radius 3 is 2.15 bits per heavy atom. The molecule has 0 bridgehead atoms. The van der Waals surface area contributed by atoms with Crippen molar-refractivity contribution in [1.82, 2.24) is 4.98 Å². The minimum Gasteiger partial charge on any atom is -0.298 e. The molecule has 96 valence electrons. The molecule has 0 atom stereocenters. The summed E-state index contributed by atoms with van der Waals surface area (Å²) in [5.41, 5.74) is 4.81. The summed E-state index contributed by atoms with van der Waals surface area (Å²) < 4.78 is 0. The molecule has 3 aromatic rings. The Morgan fingerprint density at radius 1 is 0.750 bits per heavy atom. The van der Waals surface area contributed by atoms with Crippen molar-refractivity contribution < 1.29 is 4.79 Å². The smallest absolute Gasteiger partial charge is 0.150 e. The first-order valence-corrected chi connectivity index (χ1v) is 6.44. The van der Waals surface area contributed by atoms with E-state index < -0.39 is 0 Å². The number of hydrogen-bond donors (Lipinski definition) is 0. The van der Waals surface area contributed by atoms with Gasteiger partial charge in [0.05, 0.1) is 0 Å². The molecule has 20 heavy (non-hydrogen) atoms. The van der Waals surface area contributed by atoms with Crippen LogP contribution in [0.3, 0.4) is 0 Å². The first kappa shape index (κ1) is 12.3. The molecule has 0 fully saturated rings. The molecule has 0 radical (unpaired) electrons. The van der Waals surface area contributed by atoms with Gasteiger partial charge in [-0.1, -0.05) is 54.6 Å². The van der Waals surface area contributed by atoms with Crippen LogP contribution in [0.4, 0.5) is 0 Å². The lowest BCUT2D eigenvalue weighted by Crippen LogP contribution is -1.90. The third-order valence-corrected chi connectivity index (χ3v) is 3.28.